The molecule has 22 heavy (non-hydrogen) atoms. The Hall–Kier alpha value is -2.18. The molecule has 1 aromatic carbocycles. The molecule has 120 valence electrons. The molecule has 0 unspecified atom stereocenters. The summed E-state index contributed by atoms with van der Waals surface area (Å²) < 4.78 is 28.8. The van der Waals surface area contributed by atoms with Crippen LogP contribution in [0.1, 0.15) is 19.4 Å². The van der Waals surface area contributed by atoms with Gasteiger partial charge in [0, 0.05) is 13.6 Å². The smallest absolute Gasteiger partial charge is 0.387 e. The lowest BCUT2D eigenvalue weighted by Gasteiger charge is -2.41. The lowest BCUT2D eigenvalue weighted by molar-refractivity contribution is -0.159. The minimum absolute atomic E-state index is 0.0288. The Bertz CT molecular complexity index is 580. The number of amides is 2. The number of hydrogen-bond acceptors (Lipinski definition) is 3. The Labute approximate surface area is 127 Å². The normalized spacial score (nSPS) is 22.5. The van der Waals surface area contributed by atoms with E-state index < -0.39 is 18.7 Å². The van der Waals surface area contributed by atoms with Gasteiger partial charge < -0.3 is 14.5 Å². The van der Waals surface area contributed by atoms with Gasteiger partial charge in [0.05, 0.1) is 0 Å². The molecule has 1 aliphatic heterocycles. The van der Waals surface area contributed by atoms with Gasteiger partial charge in [-0.15, -0.1) is 0 Å². The second-order valence-electron chi connectivity index (χ2n) is 5.29. The van der Waals surface area contributed by atoms with Crippen LogP contribution < -0.4 is 4.74 Å². The summed E-state index contributed by atoms with van der Waals surface area (Å²) in [6.45, 7) is 0.586. The topological polar surface area (TPSA) is 49.9 Å². The average Bonchev–Trinajstić information content (AvgIpc) is 2.47. The van der Waals surface area contributed by atoms with Crippen molar-refractivity contribution in [3.8, 4) is 5.75 Å². The van der Waals surface area contributed by atoms with E-state index in [0.717, 1.165) is 0 Å². The molecular weight excluding hydrogens is 294 g/mol. The number of ether oxygens (including phenoxy) is 1. The number of alkyl halides is 2. The molecule has 1 aromatic rings. The van der Waals surface area contributed by atoms with E-state index in [9.17, 15) is 18.4 Å². The van der Waals surface area contributed by atoms with Crippen molar-refractivity contribution in [3.05, 3.63) is 29.8 Å². The highest BCUT2D eigenvalue weighted by atomic mass is 19.3. The van der Waals surface area contributed by atoms with Crippen LogP contribution in [-0.4, -0.2) is 47.4 Å². The van der Waals surface area contributed by atoms with Gasteiger partial charge in [-0.25, -0.2) is 0 Å². The SMILES string of the molecule is C[C@H]1C(=O)N(Cc2cccc(OC(F)F)c2)[C@@H](C)C(=O)N1C. The molecule has 1 heterocycles. The minimum Gasteiger partial charge on any atom is -0.435 e. The fraction of sp³-hybridized carbons (Fsp3) is 0.467. The third-order valence-corrected chi connectivity index (χ3v) is 3.87. The van der Waals surface area contributed by atoms with Crippen LogP contribution in [0.15, 0.2) is 24.3 Å². The van der Waals surface area contributed by atoms with E-state index in [1.807, 2.05) is 0 Å². The van der Waals surface area contributed by atoms with E-state index >= 15 is 0 Å². The van der Waals surface area contributed by atoms with Gasteiger partial charge in [0.25, 0.3) is 0 Å². The first-order chi connectivity index (χ1) is 10.3. The molecule has 1 fully saturated rings. The monoisotopic (exact) mass is 312 g/mol. The van der Waals surface area contributed by atoms with Gasteiger partial charge in [-0.2, -0.15) is 8.78 Å². The number of rotatable bonds is 4. The minimum atomic E-state index is -2.90. The molecule has 0 aliphatic carbocycles. The van der Waals surface area contributed by atoms with Crippen molar-refractivity contribution < 1.29 is 23.1 Å². The zero-order valence-electron chi connectivity index (χ0n) is 12.6. The first-order valence-electron chi connectivity index (χ1n) is 6.92. The third-order valence-electron chi connectivity index (χ3n) is 3.87. The van der Waals surface area contributed by atoms with Crippen molar-refractivity contribution in [2.75, 3.05) is 7.05 Å². The highest BCUT2D eigenvalue weighted by molar-refractivity contribution is 5.96. The summed E-state index contributed by atoms with van der Waals surface area (Å²) in [7, 11) is 1.59. The summed E-state index contributed by atoms with van der Waals surface area (Å²) in [6, 6.07) is 5.01. The molecule has 7 heteroatoms. The van der Waals surface area contributed by atoms with E-state index in [2.05, 4.69) is 4.74 Å². The zero-order chi connectivity index (χ0) is 16.4. The maximum absolute atomic E-state index is 12.3. The molecule has 0 radical (unpaired) electrons. The van der Waals surface area contributed by atoms with E-state index in [1.54, 1.807) is 33.0 Å². The van der Waals surface area contributed by atoms with Crippen LogP contribution in [0.4, 0.5) is 8.78 Å². The summed E-state index contributed by atoms with van der Waals surface area (Å²) in [5, 5.41) is 0. The Morgan fingerprint density at radius 1 is 1.18 bits per heavy atom. The van der Waals surface area contributed by atoms with Crippen LogP contribution in [0.5, 0.6) is 5.75 Å². The molecule has 0 bridgehead atoms. The van der Waals surface area contributed by atoms with E-state index in [4.69, 9.17) is 0 Å². The van der Waals surface area contributed by atoms with E-state index in [0.29, 0.717) is 5.56 Å². The molecule has 0 N–H and O–H groups in total. The predicted octanol–water partition coefficient (Wildman–Crippen LogP) is 1.87. The Morgan fingerprint density at radius 3 is 2.50 bits per heavy atom. The van der Waals surface area contributed by atoms with Crippen LogP contribution in [0.2, 0.25) is 0 Å². The summed E-state index contributed by atoms with van der Waals surface area (Å²) in [5.41, 5.74) is 0.628. The second kappa shape index (κ2) is 6.29. The molecule has 2 atom stereocenters. The maximum Gasteiger partial charge on any atom is 0.387 e. The van der Waals surface area contributed by atoms with Gasteiger partial charge in [-0.1, -0.05) is 12.1 Å². The Kier molecular flexibility index (Phi) is 4.63. The fourth-order valence-corrected chi connectivity index (χ4v) is 2.45. The standard InChI is InChI=1S/C15H18F2N2O3/c1-9-14(21)19(10(2)13(20)18(9)3)8-11-5-4-6-12(7-11)22-15(16)17/h4-7,9-10,15H,8H2,1-3H3/t9-,10-/m0/s1. The first kappa shape index (κ1) is 16.2. The van der Waals surface area contributed by atoms with Gasteiger partial charge >= 0.3 is 6.61 Å². The number of carbonyl (C=O) groups is 2. The molecule has 1 saturated heterocycles. The summed E-state index contributed by atoms with van der Waals surface area (Å²) in [4.78, 5) is 27.3. The molecule has 5 nitrogen and oxygen atoms in total. The number of piperazine rings is 1. The predicted molar refractivity (Wildman–Crippen MR) is 75.3 cm³/mol. The van der Waals surface area contributed by atoms with Gasteiger partial charge in [0.1, 0.15) is 17.8 Å². The van der Waals surface area contributed by atoms with Crippen molar-refractivity contribution in [1.82, 2.24) is 9.80 Å². The zero-order valence-corrected chi connectivity index (χ0v) is 12.6. The number of halogens is 2. The third kappa shape index (κ3) is 3.18. The highest BCUT2D eigenvalue weighted by Gasteiger charge is 2.39. The van der Waals surface area contributed by atoms with E-state index in [1.165, 1.54) is 21.9 Å². The van der Waals surface area contributed by atoms with Gasteiger partial charge in [0.15, 0.2) is 0 Å². The van der Waals surface area contributed by atoms with Gasteiger partial charge in [-0.3, -0.25) is 9.59 Å². The molecular formula is C15H18F2N2O3. The number of carbonyl (C=O) groups excluding carboxylic acids is 2. The van der Waals surface area contributed by atoms with Crippen molar-refractivity contribution in [2.45, 2.75) is 39.1 Å². The van der Waals surface area contributed by atoms with Crippen LogP contribution >= 0.6 is 0 Å². The molecule has 2 amide bonds. The van der Waals surface area contributed by atoms with Crippen LogP contribution in [0.3, 0.4) is 0 Å². The molecule has 1 aliphatic rings. The van der Waals surface area contributed by atoms with Crippen LogP contribution in [-0.2, 0) is 16.1 Å². The Balaban J connectivity index is 2.18. The summed E-state index contributed by atoms with van der Waals surface area (Å²) in [6.07, 6.45) is 0. The molecule has 0 saturated carbocycles. The molecule has 0 spiro atoms. The average molecular weight is 312 g/mol. The quantitative estimate of drug-likeness (QED) is 0.853. The van der Waals surface area contributed by atoms with Crippen LogP contribution in [0.25, 0.3) is 0 Å². The Morgan fingerprint density at radius 2 is 1.86 bits per heavy atom. The fourth-order valence-electron chi connectivity index (χ4n) is 2.45. The maximum atomic E-state index is 12.3. The summed E-state index contributed by atoms with van der Waals surface area (Å²) >= 11 is 0. The number of benzene rings is 1. The molecule has 0 aromatic heterocycles. The number of hydrogen-bond donors (Lipinski definition) is 0. The lowest BCUT2D eigenvalue weighted by Crippen LogP contribution is -2.61. The molecule has 2 rings (SSSR count). The highest BCUT2D eigenvalue weighted by Crippen LogP contribution is 2.22. The van der Waals surface area contributed by atoms with Crippen molar-refractivity contribution in [2.24, 2.45) is 0 Å². The van der Waals surface area contributed by atoms with Crippen molar-refractivity contribution in [1.29, 1.82) is 0 Å². The number of nitrogens with zero attached hydrogens (tertiary/aromatic N) is 2. The first-order valence-corrected chi connectivity index (χ1v) is 6.92. The van der Waals surface area contributed by atoms with E-state index in [-0.39, 0.29) is 24.1 Å². The van der Waals surface area contributed by atoms with Gasteiger partial charge in [0.2, 0.25) is 11.8 Å². The van der Waals surface area contributed by atoms with Crippen LogP contribution in [0, 0.1) is 0 Å². The van der Waals surface area contributed by atoms with Crippen molar-refractivity contribution in [3.63, 3.8) is 0 Å². The largest absolute Gasteiger partial charge is 0.435 e. The van der Waals surface area contributed by atoms with Gasteiger partial charge in [-0.05, 0) is 31.5 Å². The second-order valence-corrected chi connectivity index (χ2v) is 5.29. The lowest BCUT2D eigenvalue weighted by atomic mass is 10.1. The summed E-state index contributed by atoms with van der Waals surface area (Å²) in [5.74, 6) is -0.289. The van der Waals surface area contributed by atoms with Crippen molar-refractivity contribution >= 4 is 11.8 Å². The number of likely N-dealkylation sites (N-methyl/N-ethyl adjacent to an activating group) is 1.